The summed E-state index contributed by atoms with van der Waals surface area (Å²) in [6.07, 6.45) is 1.39. The number of hydrogen-bond acceptors (Lipinski definition) is 5. The standard InChI is InChI=1S/C27H21Cl3FN3O5/c1-2-38-23-12-16(10-19(30)25(23)39-14-15-7-8-17(28)18(29)9-15)11-22-26(36)34(27(37)33-22)13-24(35)32-21-6-4-3-5-20(21)31/h3-12H,2,13-14H2,1H3,(H,32,35)(H,33,37)/b22-11+. The Bertz CT molecular complexity index is 1480. The molecule has 4 amide bonds. The average Bonchev–Trinajstić information content (AvgIpc) is 3.14. The van der Waals surface area contributed by atoms with Crippen molar-refractivity contribution in [1.29, 1.82) is 0 Å². The molecule has 1 saturated heterocycles. The number of nitrogens with one attached hydrogen (secondary N) is 2. The van der Waals surface area contributed by atoms with E-state index in [1.807, 2.05) is 0 Å². The van der Waals surface area contributed by atoms with Gasteiger partial charge in [-0.25, -0.2) is 14.1 Å². The summed E-state index contributed by atoms with van der Waals surface area (Å²) in [5, 5.41) is 5.78. The zero-order valence-corrected chi connectivity index (χ0v) is 22.7. The quantitative estimate of drug-likeness (QED) is 0.225. The van der Waals surface area contributed by atoms with Gasteiger partial charge < -0.3 is 20.1 Å². The minimum Gasteiger partial charge on any atom is -0.490 e. The summed E-state index contributed by atoms with van der Waals surface area (Å²) in [5.74, 6) is -1.53. The van der Waals surface area contributed by atoms with Crippen molar-refractivity contribution in [1.82, 2.24) is 10.2 Å². The van der Waals surface area contributed by atoms with Gasteiger partial charge in [-0.1, -0.05) is 53.0 Å². The van der Waals surface area contributed by atoms with E-state index in [1.54, 1.807) is 37.3 Å². The largest absolute Gasteiger partial charge is 0.490 e. The summed E-state index contributed by atoms with van der Waals surface area (Å²) in [6.45, 7) is 1.62. The van der Waals surface area contributed by atoms with Crippen LogP contribution in [0.5, 0.6) is 11.5 Å². The lowest BCUT2D eigenvalue weighted by atomic mass is 10.1. The minimum absolute atomic E-state index is 0.0649. The summed E-state index contributed by atoms with van der Waals surface area (Å²) < 4.78 is 25.4. The number of amides is 4. The highest BCUT2D eigenvalue weighted by Crippen LogP contribution is 2.38. The molecule has 1 aliphatic heterocycles. The molecule has 0 aliphatic carbocycles. The number of ether oxygens (including phenoxy) is 2. The van der Waals surface area contributed by atoms with Crippen LogP contribution in [0.25, 0.3) is 6.08 Å². The Balaban J connectivity index is 1.50. The van der Waals surface area contributed by atoms with Crippen LogP contribution in [0.1, 0.15) is 18.1 Å². The number of benzene rings is 3. The molecule has 2 N–H and O–H groups in total. The van der Waals surface area contributed by atoms with Crippen LogP contribution in [0.15, 0.2) is 60.3 Å². The monoisotopic (exact) mass is 591 g/mol. The van der Waals surface area contributed by atoms with E-state index in [0.29, 0.717) is 32.9 Å². The number of halogens is 4. The van der Waals surface area contributed by atoms with Crippen LogP contribution in [0.3, 0.4) is 0 Å². The normalized spacial score (nSPS) is 14.0. The van der Waals surface area contributed by atoms with E-state index in [4.69, 9.17) is 44.3 Å². The van der Waals surface area contributed by atoms with Crippen molar-refractivity contribution in [3.63, 3.8) is 0 Å². The van der Waals surface area contributed by atoms with Gasteiger partial charge in [0.15, 0.2) is 11.5 Å². The molecule has 0 bridgehead atoms. The van der Waals surface area contributed by atoms with Crippen molar-refractivity contribution in [3.05, 3.63) is 92.3 Å². The number of carbonyl (C=O) groups excluding carboxylic acids is 3. The van der Waals surface area contributed by atoms with Gasteiger partial charge in [0.2, 0.25) is 5.91 Å². The highest BCUT2D eigenvalue weighted by atomic mass is 35.5. The molecule has 0 spiro atoms. The predicted molar refractivity (Wildman–Crippen MR) is 147 cm³/mol. The van der Waals surface area contributed by atoms with Crippen molar-refractivity contribution < 1.29 is 28.2 Å². The molecule has 0 radical (unpaired) electrons. The first kappa shape index (κ1) is 28.2. The average molecular weight is 593 g/mol. The molecule has 0 aromatic heterocycles. The van der Waals surface area contributed by atoms with E-state index in [9.17, 15) is 18.8 Å². The lowest BCUT2D eigenvalue weighted by molar-refractivity contribution is -0.127. The molecule has 1 fully saturated rings. The second-order valence-corrected chi connectivity index (χ2v) is 9.43. The Morgan fingerprint density at radius 1 is 1.03 bits per heavy atom. The van der Waals surface area contributed by atoms with Crippen LogP contribution in [-0.2, 0) is 16.2 Å². The zero-order valence-electron chi connectivity index (χ0n) is 20.4. The van der Waals surface area contributed by atoms with Gasteiger partial charge in [-0.2, -0.15) is 0 Å². The van der Waals surface area contributed by atoms with Crippen LogP contribution in [0.2, 0.25) is 15.1 Å². The topological polar surface area (TPSA) is 97.0 Å². The van der Waals surface area contributed by atoms with Crippen molar-refractivity contribution in [2.75, 3.05) is 18.5 Å². The third-order valence-corrected chi connectivity index (χ3v) is 6.44. The maximum atomic E-state index is 13.8. The fraction of sp³-hybridized carbons (Fsp3) is 0.148. The van der Waals surface area contributed by atoms with Crippen LogP contribution in [0, 0.1) is 5.82 Å². The number of imide groups is 1. The van der Waals surface area contributed by atoms with Gasteiger partial charge in [-0.05, 0) is 60.5 Å². The van der Waals surface area contributed by atoms with Gasteiger partial charge in [0.05, 0.1) is 27.4 Å². The molecule has 12 heteroatoms. The number of urea groups is 1. The van der Waals surface area contributed by atoms with Gasteiger partial charge in [-0.3, -0.25) is 9.59 Å². The smallest absolute Gasteiger partial charge is 0.329 e. The molecule has 202 valence electrons. The molecule has 0 saturated carbocycles. The van der Waals surface area contributed by atoms with Crippen LogP contribution in [-0.4, -0.2) is 35.9 Å². The summed E-state index contributed by atoms with van der Waals surface area (Å²) in [7, 11) is 0. The number of para-hydroxylation sites is 1. The van der Waals surface area contributed by atoms with E-state index in [-0.39, 0.29) is 28.8 Å². The molecular formula is C27H21Cl3FN3O5. The molecule has 8 nitrogen and oxygen atoms in total. The van der Waals surface area contributed by atoms with Crippen LogP contribution in [0.4, 0.5) is 14.9 Å². The van der Waals surface area contributed by atoms with Gasteiger partial charge in [0.1, 0.15) is 24.7 Å². The van der Waals surface area contributed by atoms with Crippen molar-refractivity contribution >= 4 is 64.4 Å². The minimum atomic E-state index is -0.798. The summed E-state index contributed by atoms with van der Waals surface area (Å²) >= 11 is 18.5. The fourth-order valence-corrected chi connectivity index (χ4v) is 4.23. The summed E-state index contributed by atoms with van der Waals surface area (Å²) in [6, 6.07) is 13.0. The fourth-order valence-electron chi connectivity index (χ4n) is 3.64. The number of carbonyl (C=O) groups is 3. The lowest BCUT2D eigenvalue weighted by Crippen LogP contribution is -2.38. The third-order valence-electron chi connectivity index (χ3n) is 5.42. The SMILES string of the molecule is CCOc1cc(/C=C2/NC(=O)N(CC(=O)Nc3ccccc3F)C2=O)cc(Cl)c1OCc1ccc(Cl)c(Cl)c1. The molecule has 3 aromatic carbocycles. The lowest BCUT2D eigenvalue weighted by Gasteiger charge is -2.15. The summed E-state index contributed by atoms with van der Waals surface area (Å²) in [5.41, 5.74) is 1.05. The number of rotatable bonds is 9. The first-order valence-electron chi connectivity index (χ1n) is 11.6. The third kappa shape index (κ3) is 6.81. The van der Waals surface area contributed by atoms with E-state index in [0.717, 1.165) is 5.56 Å². The van der Waals surface area contributed by atoms with Gasteiger partial charge in [0, 0.05) is 0 Å². The second-order valence-electron chi connectivity index (χ2n) is 8.21. The highest BCUT2D eigenvalue weighted by molar-refractivity contribution is 6.42. The Morgan fingerprint density at radius 3 is 2.51 bits per heavy atom. The first-order chi connectivity index (χ1) is 18.7. The molecule has 1 heterocycles. The second kappa shape index (κ2) is 12.4. The highest BCUT2D eigenvalue weighted by Gasteiger charge is 2.35. The maximum absolute atomic E-state index is 13.8. The molecule has 4 rings (SSSR count). The zero-order chi connectivity index (χ0) is 28.1. The molecule has 39 heavy (non-hydrogen) atoms. The Kier molecular flexibility index (Phi) is 8.96. The van der Waals surface area contributed by atoms with E-state index < -0.39 is 30.2 Å². The van der Waals surface area contributed by atoms with Gasteiger partial charge in [0.25, 0.3) is 5.91 Å². The Hall–Kier alpha value is -3.79. The van der Waals surface area contributed by atoms with Crippen LogP contribution < -0.4 is 20.1 Å². The molecular weight excluding hydrogens is 572 g/mol. The Labute approximate surface area is 238 Å². The van der Waals surface area contributed by atoms with E-state index in [2.05, 4.69) is 10.6 Å². The number of nitrogens with zero attached hydrogens (tertiary/aromatic N) is 1. The van der Waals surface area contributed by atoms with Gasteiger partial charge in [-0.15, -0.1) is 0 Å². The number of hydrogen-bond donors (Lipinski definition) is 2. The maximum Gasteiger partial charge on any atom is 0.329 e. The van der Waals surface area contributed by atoms with Crippen molar-refractivity contribution in [2.45, 2.75) is 13.5 Å². The molecule has 1 aliphatic rings. The number of anilines is 1. The molecule has 0 atom stereocenters. The van der Waals surface area contributed by atoms with E-state index >= 15 is 0 Å². The van der Waals surface area contributed by atoms with Gasteiger partial charge >= 0.3 is 6.03 Å². The summed E-state index contributed by atoms with van der Waals surface area (Å²) in [4.78, 5) is 38.3. The first-order valence-corrected chi connectivity index (χ1v) is 12.7. The van der Waals surface area contributed by atoms with E-state index in [1.165, 1.54) is 30.3 Å². The Morgan fingerprint density at radius 2 is 1.79 bits per heavy atom. The predicted octanol–water partition coefficient (Wildman–Crippen LogP) is 6.30. The van der Waals surface area contributed by atoms with Crippen LogP contribution >= 0.6 is 34.8 Å². The molecule has 0 unspecified atom stereocenters. The molecule has 3 aromatic rings. The van der Waals surface area contributed by atoms with Crippen molar-refractivity contribution in [2.24, 2.45) is 0 Å². The van der Waals surface area contributed by atoms with Crippen molar-refractivity contribution in [3.8, 4) is 11.5 Å².